The highest BCUT2D eigenvalue weighted by Gasteiger charge is 2.39. The second-order valence-electron chi connectivity index (χ2n) is 9.42. The third-order valence-electron chi connectivity index (χ3n) is 7.81. The van der Waals surface area contributed by atoms with Crippen LogP contribution in [0.4, 0.5) is 11.4 Å². The summed E-state index contributed by atoms with van der Waals surface area (Å²) in [5.41, 5.74) is 3.34. The molecule has 0 saturated carbocycles. The Balaban J connectivity index is 1.21. The quantitative estimate of drug-likeness (QED) is 0.807. The molecule has 2 atom stereocenters. The number of nitrogens with zero attached hydrogens (tertiary/aromatic N) is 3. The fraction of sp³-hybridized carbons (Fsp3) is 0.739. The second kappa shape index (κ2) is 7.29. The maximum atomic E-state index is 5.59. The standard InChI is InChI=1S/C23H35N3O/c1-19-3-2-12-26(19)22-8-13-24(17-22)20-4-6-21(7-5-20)25-14-9-23(18-25)10-15-27-16-11-23/h4-7,19,22H,2-3,8-18H2,1H3/t19-,22-/m0/s1. The summed E-state index contributed by atoms with van der Waals surface area (Å²) in [4.78, 5) is 7.96. The van der Waals surface area contributed by atoms with Gasteiger partial charge in [-0.05, 0) is 81.7 Å². The normalized spacial score (nSPS) is 31.3. The molecule has 0 radical (unpaired) electrons. The lowest BCUT2D eigenvalue weighted by atomic mass is 9.80. The van der Waals surface area contributed by atoms with Gasteiger partial charge in [-0.1, -0.05) is 0 Å². The van der Waals surface area contributed by atoms with Crippen LogP contribution in [0.15, 0.2) is 24.3 Å². The van der Waals surface area contributed by atoms with Gasteiger partial charge in [0.1, 0.15) is 0 Å². The first-order chi connectivity index (χ1) is 13.2. The maximum absolute atomic E-state index is 5.59. The van der Waals surface area contributed by atoms with E-state index in [-0.39, 0.29) is 0 Å². The minimum absolute atomic E-state index is 0.519. The van der Waals surface area contributed by atoms with Crippen LogP contribution in [0.1, 0.15) is 45.4 Å². The monoisotopic (exact) mass is 369 g/mol. The van der Waals surface area contributed by atoms with Crippen molar-refractivity contribution in [1.82, 2.24) is 4.90 Å². The van der Waals surface area contributed by atoms with Crippen molar-refractivity contribution in [3.8, 4) is 0 Å². The zero-order valence-electron chi connectivity index (χ0n) is 16.9. The molecule has 0 aliphatic carbocycles. The molecule has 4 saturated heterocycles. The smallest absolute Gasteiger partial charge is 0.0472 e. The van der Waals surface area contributed by atoms with E-state index in [9.17, 15) is 0 Å². The molecule has 4 heteroatoms. The lowest BCUT2D eigenvalue weighted by molar-refractivity contribution is 0.0254. The lowest BCUT2D eigenvalue weighted by Gasteiger charge is -2.33. The first kappa shape index (κ1) is 17.8. The van der Waals surface area contributed by atoms with Gasteiger partial charge >= 0.3 is 0 Å². The van der Waals surface area contributed by atoms with Crippen LogP contribution < -0.4 is 9.80 Å². The van der Waals surface area contributed by atoms with Crippen molar-refractivity contribution in [3.63, 3.8) is 0 Å². The summed E-state index contributed by atoms with van der Waals surface area (Å²) in [5.74, 6) is 0. The van der Waals surface area contributed by atoms with Crippen molar-refractivity contribution in [2.75, 3.05) is 55.7 Å². The largest absolute Gasteiger partial charge is 0.381 e. The zero-order valence-corrected chi connectivity index (χ0v) is 16.9. The van der Waals surface area contributed by atoms with Gasteiger partial charge in [0.25, 0.3) is 0 Å². The molecule has 4 aliphatic rings. The van der Waals surface area contributed by atoms with Crippen molar-refractivity contribution in [2.45, 2.75) is 57.5 Å². The van der Waals surface area contributed by atoms with Crippen molar-refractivity contribution >= 4 is 11.4 Å². The molecule has 0 aromatic heterocycles. The molecule has 0 bridgehead atoms. The van der Waals surface area contributed by atoms with E-state index in [0.29, 0.717) is 5.41 Å². The Morgan fingerprint density at radius 2 is 1.63 bits per heavy atom. The van der Waals surface area contributed by atoms with Crippen molar-refractivity contribution < 1.29 is 4.74 Å². The Bertz CT molecular complexity index is 640. The molecule has 0 amide bonds. The molecular formula is C23H35N3O. The Morgan fingerprint density at radius 1 is 0.889 bits per heavy atom. The third-order valence-corrected chi connectivity index (χ3v) is 7.81. The number of ether oxygens (including phenoxy) is 1. The zero-order chi connectivity index (χ0) is 18.3. The second-order valence-corrected chi connectivity index (χ2v) is 9.42. The van der Waals surface area contributed by atoms with Crippen LogP contribution >= 0.6 is 0 Å². The average Bonchev–Trinajstić information content (AvgIpc) is 3.43. The predicted molar refractivity (Wildman–Crippen MR) is 112 cm³/mol. The first-order valence-corrected chi connectivity index (χ1v) is 11.2. The van der Waals surface area contributed by atoms with Gasteiger partial charge in [0.15, 0.2) is 0 Å². The summed E-state index contributed by atoms with van der Waals surface area (Å²) in [6, 6.07) is 11.0. The van der Waals surface area contributed by atoms with Gasteiger partial charge in [0.2, 0.25) is 0 Å². The summed E-state index contributed by atoms with van der Waals surface area (Å²) in [7, 11) is 0. The highest BCUT2D eigenvalue weighted by molar-refractivity contribution is 5.57. The van der Waals surface area contributed by atoms with Gasteiger partial charge < -0.3 is 14.5 Å². The summed E-state index contributed by atoms with van der Waals surface area (Å²) < 4.78 is 5.59. The minimum atomic E-state index is 0.519. The van der Waals surface area contributed by atoms with E-state index >= 15 is 0 Å². The number of benzene rings is 1. The predicted octanol–water partition coefficient (Wildman–Crippen LogP) is 3.76. The Morgan fingerprint density at radius 3 is 2.33 bits per heavy atom. The molecule has 1 aromatic carbocycles. The fourth-order valence-corrected chi connectivity index (χ4v) is 5.99. The summed E-state index contributed by atoms with van der Waals surface area (Å²) >= 11 is 0. The number of hydrogen-bond donors (Lipinski definition) is 0. The van der Waals surface area contributed by atoms with E-state index in [4.69, 9.17) is 4.74 Å². The van der Waals surface area contributed by atoms with Crippen LogP contribution in [0.2, 0.25) is 0 Å². The molecule has 4 nitrogen and oxygen atoms in total. The van der Waals surface area contributed by atoms with Crippen LogP contribution in [-0.4, -0.2) is 62.9 Å². The molecule has 0 N–H and O–H groups in total. The highest BCUT2D eigenvalue weighted by Crippen LogP contribution is 2.41. The maximum Gasteiger partial charge on any atom is 0.0472 e. The van der Waals surface area contributed by atoms with Crippen LogP contribution in [0.3, 0.4) is 0 Å². The topological polar surface area (TPSA) is 19.0 Å². The molecule has 27 heavy (non-hydrogen) atoms. The van der Waals surface area contributed by atoms with Crippen LogP contribution in [-0.2, 0) is 4.74 Å². The van der Waals surface area contributed by atoms with Crippen LogP contribution in [0.5, 0.6) is 0 Å². The molecule has 148 valence electrons. The van der Waals surface area contributed by atoms with E-state index < -0.39 is 0 Å². The van der Waals surface area contributed by atoms with E-state index in [1.807, 2.05) is 0 Å². The van der Waals surface area contributed by atoms with E-state index in [2.05, 4.69) is 45.9 Å². The van der Waals surface area contributed by atoms with Crippen molar-refractivity contribution in [2.24, 2.45) is 5.41 Å². The molecular weight excluding hydrogens is 334 g/mol. The fourth-order valence-electron chi connectivity index (χ4n) is 5.99. The third kappa shape index (κ3) is 3.47. The van der Waals surface area contributed by atoms with Gasteiger partial charge in [-0.2, -0.15) is 0 Å². The SMILES string of the molecule is C[C@H]1CCCN1[C@H]1CCN(c2ccc(N3CCC4(CCOCC4)C3)cc2)C1. The van der Waals surface area contributed by atoms with Gasteiger partial charge in [0, 0.05) is 62.9 Å². The number of anilines is 2. The molecule has 4 fully saturated rings. The molecule has 0 unspecified atom stereocenters. The number of likely N-dealkylation sites (tertiary alicyclic amines) is 1. The Kier molecular flexibility index (Phi) is 4.81. The van der Waals surface area contributed by atoms with E-state index in [0.717, 1.165) is 25.3 Å². The van der Waals surface area contributed by atoms with Gasteiger partial charge in [-0.3, -0.25) is 4.90 Å². The average molecular weight is 370 g/mol. The van der Waals surface area contributed by atoms with Crippen LogP contribution in [0.25, 0.3) is 0 Å². The Labute approximate surface area is 164 Å². The van der Waals surface area contributed by atoms with Crippen molar-refractivity contribution in [3.05, 3.63) is 24.3 Å². The summed E-state index contributed by atoms with van der Waals surface area (Å²) in [5, 5.41) is 0. The molecule has 4 heterocycles. The van der Waals surface area contributed by atoms with Gasteiger partial charge in [-0.25, -0.2) is 0 Å². The van der Waals surface area contributed by atoms with Gasteiger partial charge in [0.05, 0.1) is 0 Å². The van der Waals surface area contributed by atoms with Gasteiger partial charge in [-0.15, -0.1) is 0 Å². The van der Waals surface area contributed by atoms with Crippen LogP contribution in [0, 0.1) is 5.41 Å². The minimum Gasteiger partial charge on any atom is -0.381 e. The Hall–Kier alpha value is -1.26. The molecule has 1 aromatic rings. The number of hydrogen-bond acceptors (Lipinski definition) is 4. The molecule has 1 spiro atoms. The summed E-state index contributed by atoms with van der Waals surface area (Å²) in [6.45, 7) is 10.5. The molecule has 5 rings (SSSR count). The van der Waals surface area contributed by atoms with E-state index in [1.54, 1.807) is 0 Å². The number of rotatable bonds is 3. The summed E-state index contributed by atoms with van der Waals surface area (Å²) in [6.07, 6.45) is 7.91. The first-order valence-electron chi connectivity index (χ1n) is 11.2. The van der Waals surface area contributed by atoms with Crippen molar-refractivity contribution in [1.29, 1.82) is 0 Å². The highest BCUT2D eigenvalue weighted by atomic mass is 16.5. The molecule has 4 aliphatic heterocycles. The van der Waals surface area contributed by atoms with E-state index in [1.165, 1.54) is 82.6 Å². The lowest BCUT2D eigenvalue weighted by Crippen LogP contribution is -2.39.